The molecule has 4 aromatic carbocycles. The van der Waals surface area contributed by atoms with Gasteiger partial charge in [0.25, 0.3) is 0 Å². The zero-order valence-corrected chi connectivity index (χ0v) is 34.8. The van der Waals surface area contributed by atoms with Crippen molar-refractivity contribution in [3.8, 4) is 6.07 Å². The van der Waals surface area contributed by atoms with Gasteiger partial charge >= 0.3 is 24.8 Å². The van der Waals surface area contributed by atoms with Crippen molar-refractivity contribution in [3.63, 3.8) is 0 Å². The van der Waals surface area contributed by atoms with E-state index in [-0.39, 0.29) is 65.0 Å². The third-order valence-electron chi connectivity index (χ3n) is 12.2. The molecular weight excluding hydrogens is 773 g/mol. The van der Waals surface area contributed by atoms with Crippen molar-refractivity contribution in [2.24, 2.45) is 0 Å². The molecule has 4 fully saturated rings. The van der Waals surface area contributed by atoms with Gasteiger partial charge in [-0.1, -0.05) is 85.1 Å². The average Bonchev–Trinajstić information content (AvgIpc) is 4.20. The van der Waals surface area contributed by atoms with Crippen LogP contribution in [0.15, 0.2) is 97.1 Å². The van der Waals surface area contributed by atoms with Crippen LogP contribution >= 0.6 is 11.6 Å². The van der Waals surface area contributed by atoms with Gasteiger partial charge < -0.3 is 25.6 Å². The molecule has 3 N–H and O–H groups in total. The fourth-order valence-corrected chi connectivity index (χ4v) is 8.54. The fourth-order valence-electron chi connectivity index (χ4n) is 8.41. The first-order valence-electron chi connectivity index (χ1n) is 20.5. The number of carboxylic acid groups (broad SMARTS) is 2. The van der Waals surface area contributed by atoms with Crippen LogP contribution in [0.25, 0.3) is 0 Å². The van der Waals surface area contributed by atoms with Crippen molar-refractivity contribution in [2.45, 2.75) is 100 Å². The maximum absolute atomic E-state index is 13.2. The van der Waals surface area contributed by atoms with E-state index in [1.165, 1.54) is 12.1 Å². The maximum atomic E-state index is 13.2. The number of nitrogens with zero attached hydrogens (tertiary/aromatic N) is 3. The van der Waals surface area contributed by atoms with E-state index in [2.05, 4.69) is 26.5 Å². The molecule has 0 radical (unpaired) electrons. The van der Waals surface area contributed by atoms with Gasteiger partial charge in [0.05, 0.1) is 46.3 Å². The van der Waals surface area contributed by atoms with Gasteiger partial charge in [0.15, 0.2) is 0 Å². The van der Waals surface area contributed by atoms with Crippen molar-refractivity contribution in [1.29, 1.82) is 5.26 Å². The van der Waals surface area contributed by atoms with Crippen LogP contribution < -0.4 is 34.6 Å². The molecule has 306 valence electrons. The smallest absolute Gasteiger partial charge is 0.545 e. The number of nitrogens with one attached hydrogen (secondary N) is 2. The first kappa shape index (κ1) is 44.6. The zero-order chi connectivity index (χ0) is 41.6. The molecule has 4 aromatic rings. The van der Waals surface area contributed by atoms with E-state index in [1.54, 1.807) is 24.3 Å². The Bertz CT molecular complexity index is 2190. The number of benzene rings is 4. The predicted molar refractivity (Wildman–Crippen MR) is 221 cm³/mol. The second-order valence-corrected chi connectivity index (χ2v) is 16.7. The van der Waals surface area contributed by atoms with Crippen LogP contribution in [0, 0.1) is 11.3 Å². The molecule has 0 aromatic heterocycles. The van der Waals surface area contributed by atoms with E-state index in [9.17, 15) is 24.3 Å². The molecule has 4 aliphatic rings. The zero-order valence-electron chi connectivity index (χ0n) is 34.0. The number of nitriles is 1. The van der Waals surface area contributed by atoms with Crippen molar-refractivity contribution in [2.75, 3.05) is 13.1 Å². The molecule has 2 amide bonds. The molecular formula is C47H49ClLiN5O6. The van der Waals surface area contributed by atoms with E-state index in [0.29, 0.717) is 17.1 Å². The summed E-state index contributed by atoms with van der Waals surface area (Å²) in [4.78, 5) is 52.9. The van der Waals surface area contributed by atoms with Gasteiger partial charge in [0.2, 0.25) is 11.8 Å². The fraction of sp³-hybridized carbons (Fsp3) is 0.383. The van der Waals surface area contributed by atoms with Crippen LogP contribution in [0.4, 0.5) is 0 Å². The van der Waals surface area contributed by atoms with Gasteiger partial charge in [-0.15, -0.1) is 0 Å². The maximum Gasteiger partial charge on any atom is 1.00 e. The summed E-state index contributed by atoms with van der Waals surface area (Å²) in [6, 6.07) is 30.6. The van der Waals surface area contributed by atoms with Gasteiger partial charge in [-0.3, -0.25) is 19.4 Å². The SMILES string of the molecule is N#Cc1ccc(CN2CCCC[C@@H]2C(=O)NC2(c3ccc(C(=O)[O-])cc3)CC2)cc1.O=C(O)c1ccc(C2(NC(=O)[C@H]3CCCCN3Cc3ccc(Cl)cc3)CC2)cc1.[Li+]. The largest absolute Gasteiger partial charge is 1.00 e. The summed E-state index contributed by atoms with van der Waals surface area (Å²) < 4.78 is 0. The molecule has 13 heteroatoms. The Morgan fingerprint density at radius 3 is 1.47 bits per heavy atom. The van der Waals surface area contributed by atoms with E-state index in [0.717, 1.165) is 106 Å². The topological polar surface area (TPSA) is 166 Å². The molecule has 0 bridgehead atoms. The van der Waals surface area contributed by atoms with Crippen LogP contribution in [-0.4, -0.2) is 63.8 Å². The minimum Gasteiger partial charge on any atom is -0.545 e. The van der Waals surface area contributed by atoms with Crippen LogP contribution in [0.5, 0.6) is 0 Å². The van der Waals surface area contributed by atoms with Crippen molar-refractivity contribution >= 4 is 35.4 Å². The van der Waals surface area contributed by atoms with Crippen molar-refractivity contribution in [1.82, 2.24) is 20.4 Å². The number of hydrogen-bond acceptors (Lipinski definition) is 8. The summed E-state index contributed by atoms with van der Waals surface area (Å²) in [7, 11) is 0. The van der Waals surface area contributed by atoms with Gasteiger partial charge in [-0.2, -0.15) is 5.26 Å². The molecule has 2 atom stereocenters. The summed E-state index contributed by atoms with van der Waals surface area (Å²) in [5, 5.41) is 36.3. The van der Waals surface area contributed by atoms with Gasteiger partial charge in [-0.25, -0.2) is 4.79 Å². The third-order valence-corrected chi connectivity index (χ3v) is 12.4. The monoisotopic (exact) mass is 821 g/mol. The summed E-state index contributed by atoms with van der Waals surface area (Å²) in [6.45, 7) is 3.18. The number of carbonyl (C=O) groups is 4. The second kappa shape index (κ2) is 19.6. The Kier molecular flexibility index (Phi) is 14.6. The number of carboxylic acids is 2. The van der Waals surface area contributed by atoms with Crippen molar-refractivity contribution < 1.29 is 48.3 Å². The van der Waals surface area contributed by atoms with Crippen LogP contribution in [-0.2, 0) is 33.8 Å². The summed E-state index contributed by atoms with van der Waals surface area (Å²) >= 11 is 5.99. The number of rotatable bonds is 12. The van der Waals surface area contributed by atoms with E-state index < -0.39 is 11.9 Å². The number of piperidine rings is 2. The Morgan fingerprint density at radius 1 is 0.667 bits per heavy atom. The van der Waals surface area contributed by atoms with E-state index in [1.807, 2.05) is 60.7 Å². The Balaban J connectivity index is 0.000000198. The van der Waals surface area contributed by atoms with E-state index >= 15 is 0 Å². The first-order valence-corrected chi connectivity index (χ1v) is 20.9. The van der Waals surface area contributed by atoms with Crippen molar-refractivity contribution in [3.05, 3.63) is 141 Å². The normalized spacial score (nSPS) is 20.1. The number of carbonyl (C=O) groups excluding carboxylic acids is 3. The Morgan fingerprint density at radius 2 is 1.08 bits per heavy atom. The summed E-state index contributed by atoms with van der Waals surface area (Å²) in [5.41, 5.74) is 4.46. The predicted octanol–water partition coefficient (Wildman–Crippen LogP) is 3.28. The van der Waals surface area contributed by atoms with Crippen LogP contribution in [0.3, 0.4) is 0 Å². The molecule has 0 spiro atoms. The molecule has 2 heterocycles. The standard InChI is InChI=1S/C24H25N3O3.C23H25ClN2O3.Li/c25-15-17-4-6-18(7-5-17)16-27-14-2-1-3-21(27)22(28)26-24(12-13-24)20-10-8-19(9-11-20)23(29)30;24-19-10-4-16(5-11-19)15-26-14-2-1-3-20(26)21(27)25-23(12-13-23)18-8-6-17(7-9-18)22(28)29;/h4-11,21H,1-3,12-14,16H2,(H,26,28)(H,29,30);4-11,20H,1-3,12-15H2,(H,25,27)(H,28,29);/q;;+1/p-1/t21-;20-;/m11./s1. The second-order valence-electron chi connectivity index (χ2n) is 16.3. The Hall–Kier alpha value is -4.94. The third kappa shape index (κ3) is 10.9. The Labute approximate surface area is 368 Å². The molecule has 2 aliphatic carbocycles. The van der Waals surface area contributed by atoms with Crippen LogP contribution in [0.1, 0.15) is 113 Å². The van der Waals surface area contributed by atoms with Gasteiger partial charge in [-0.05, 0) is 129 Å². The van der Waals surface area contributed by atoms with Gasteiger partial charge in [0, 0.05) is 18.1 Å². The van der Waals surface area contributed by atoms with Gasteiger partial charge in [0.1, 0.15) is 0 Å². The number of halogens is 1. The molecule has 8 rings (SSSR count). The molecule has 11 nitrogen and oxygen atoms in total. The summed E-state index contributed by atoms with van der Waals surface area (Å²) in [5.74, 6) is -2.04. The number of amides is 2. The number of aromatic carboxylic acids is 2. The molecule has 2 saturated carbocycles. The average molecular weight is 822 g/mol. The molecule has 2 saturated heterocycles. The van der Waals surface area contributed by atoms with Crippen LogP contribution in [0.2, 0.25) is 5.02 Å². The van der Waals surface area contributed by atoms with E-state index in [4.69, 9.17) is 22.0 Å². The first-order chi connectivity index (χ1) is 28.5. The number of likely N-dealkylation sites (tertiary alicyclic amines) is 2. The minimum atomic E-state index is -1.20. The molecule has 0 unspecified atom stereocenters. The molecule has 2 aliphatic heterocycles. The quantitative estimate of drug-likeness (QED) is 0.182. The molecule has 60 heavy (non-hydrogen) atoms. The minimum absolute atomic E-state index is 0. The number of hydrogen-bond donors (Lipinski definition) is 3. The summed E-state index contributed by atoms with van der Waals surface area (Å²) in [6.07, 6.45) is 9.39.